The first-order valence-electron chi connectivity index (χ1n) is 5.40. The van der Waals surface area contributed by atoms with Crippen molar-refractivity contribution in [3.63, 3.8) is 0 Å². The fourth-order valence-corrected chi connectivity index (χ4v) is 2.14. The number of thioether (sulfide) groups is 1. The Bertz CT molecular complexity index is 677. The van der Waals surface area contributed by atoms with Gasteiger partial charge in [0.05, 0.1) is 5.75 Å². The van der Waals surface area contributed by atoms with Crippen LogP contribution in [0.4, 0.5) is 0 Å². The van der Waals surface area contributed by atoms with E-state index in [0.29, 0.717) is 16.5 Å². The molecule has 1 N–H and O–H groups in total. The Morgan fingerprint density at radius 2 is 2.16 bits per heavy atom. The minimum atomic E-state index is -0.914. The van der Waals surface area contributed by atoms with Gasteiger partial charge in [-0.05, 0) is 6.07 Å². The SMILES string of the molecule is Cn1c(SCC(=O)O)nnc1-c1ccn(C)c(=O)c1. The third-order valence-electron chi connectivity index (χ3n) is 2.52. The Balaban J connectivity index is 2.33. The molecule has 100 valence electrons. The summed E-state index contributed by atoms with van der Waals surface area (Å²) in [6.07, 6.45) is 1.65. The third-order valence-corrected chi connectivity index (χ3v) is 3.53. The van der Waals surface area contributed by atoms with E-state index in [0.717, 1.165) is 11.8 Å². The number of carboxylic acid groups (broad SMARTS) is 1. The highest BCUT2D eigenvalue weighted by Crippen LogP contribution is 2.21. The third kappa shape index (κ3) is 2.84. The van der Waals surface area contributed by atoms with Crippen molar-refractivity contribution in [2.75, 3.05) is 5.75 Å². The predicted molar refractivity (Wildman–Crippen MR) is 70.0 cm³/mol. The van der Waals surface area contributed by atoms with Gasteiger partial charge in [0.25, 0.3) is 5.56 Å². The second kappa shape index (κ2) is 5.27. The molecular weight excluding hydrogens is 268 g/mol. The van der Waals surface area contributed by atoms with E-state index in [-0.39, 0.29) is 11.3 Å². The quantitative estimate of drug-likeness (QED) is 0.813. The van der Waals surface area contributed by atoms with Gasteiger partial charge < -0.3 is 14.2 Å². The van der Waals surface area contributed by atoms with Gasteiger partial charge in [-0.1, -0.05) is 11.8 Å². The molecule has 0 aliphatic carbocycles. The first-order chi connectivity index (χ1) is 8.99. The van der Waals surface area contributed by atoms with Crippen LogP contribution in [0.15, 0.2) is 28.3 Å². The Labute approximate surface area is 112 Å². The summed E-state index contributed by atoms with van der Waals surface area (Å²) in [5.41, 5.74) is 0.514. The van der Waals surface area contributed by atoms with E-state index in [4.69, 9.17) is 5.11 Å². The molecule has 0 bridgehead atoms. The molecule has 8 heteroatoms. The Kier molecular flexibility index (Phi) is 3.70. The number of aromatic nitrogens is 4. The van der Waals surface area contributed by atoms with Gasteiger partial charge in [0.1, 0.15) is 0 Å². The number of hydrogen-bond donors (Lipinski definition) is 1. The number of aliphatic carboxylic acids is 1. The van der Waals surface area contributed by atoms with Crippen molar-refractivity contribution in [1.82, 2.24) is 19.3 Å². The van der Waals surface area contributed by atoms with E-state index in [2.05, 4.69) is 10.2 Å². The van der Waals surface area contributed by atoms with E-state index < -0.39 is 5.97 Å². The van der Waals surface area contributed by atoms with Gasteiger partial charge in [-0.15, -0.1) is 10.2 Å². The lowest BCUT2D eigenvalue weighted by Gasteiger charge is -2.03. The molecule has 0 aliphatic heterocycles. The zero-order valence-corrected chi connectivity index (χ0v) is 11.2. The average Bonchev–Trinajstić information content (AvgIpc) is 2.72. The van der Waals surface area contributed by atoms with Gasteiger partial charge in [-0.3, -0.25) is 9.59 Å². The number of rotatable bonds is 4. The number of carboxylic acids is 1. The number of aryl methyl sites for hydroxylation is 1. The van der Waals surface area contributed by atoms with Crippen LogP contribution < -0.4 is 5.56 Å². The van der Waals surface area contributed by atoms with Gasteiger partial charge in [-0.2, -0.15) is 0 Å². The highest BCUT2D eigenvalue weighted by atomic mass is 32.2. The van der Waals surface area contributed by atoms with Crippen LogP contribution in [-0.4, -0.2) is 36.2 Å². The van der Waals surface area contributed by atoms with Gasteiger partial charge in [0, 0.05) is 31.9 Å². The molecule has 19 heavy (non-hydrogen) atoms. The predicted octanol–water partition coefficient (Wildman–Crippen LogP) is 0.357. The van der Waals surface area contributed by atoms with E-state index >= 15 is 0 Å². The zero-order valence-electron chi connectivity index (χ0n) is 10.4. The molecule has 0 aliphatic rings. The molecule has 7 nitrogen and oxygen atoms in total. The molecule has 0 atom stereocenters. The summed E-state index contributed by atoms with van der Waals surface area (Å²) in [6, 6.07) is 3.23. The van der Waals surface area contributed by atoms with Crippen molar-refractivity contribution in [2.24, 2.45) is 14.1 Å². The Hall–Kier alpha value is -2.09. The molecule has 2 rings (SSSR count). The van der Waals surface area contributed by atoms with Gasteiger partial charge >= 0.3 is 5.97 Å². The first-order valence-corrected chi connectivity index (χ1v) is 6.38. The normalized spacial score (nSPS) is 10.6. The number of nitrogens with zero attached hydrogens (tertiary/aromatic N) is 4. The van der Waals surface area contributed by atoms with Crippen LogP contribution in [0.25, 0.3) is 11.4 Å². The standard InChI is InChI=1S/C11H12N4O3S/c1-14-4-3-7(5-8(14)16)10-12-13-11(15(10)2)19-6-9(17)18/h3-5H,6H2,1-2H3,(H,17,18). The molecule has 0 saturated carbocycles. The monoisotopic (exact) mass is 280 g/mol. The largest absolute Gasteiger partial charge is 0.481 e. The molecule has 0 saturated heterocycles. The topological polar surface area (TPSA) is 90.0 Å². The number of hydrogen-bond acceptors (Lipinski definition) is 5. The Morgan fingerprint density at radius 3 is 2.79 bits per heavy atom. The zero-order chi connectivity index (χ0) is 14.0. The van der Waals surface area contributed by atoms with Crippen LogP contribution in [0.5, 0.6) is 0 Å². The van der Waals surface area contributed by atoms with Crippen molar-refractivity contribution < 1.29 is 9.90 Å². The average molecular weight is 280 g/mol. The van der Waals surface area contributed by atoms with Crippen molar-refractivity contribution in [3.05, 3.63) is 28.7 Å². The second-order valence-corrected chi connectivity index (χ2v) is 4.85. The molecule has 0 amide bonds. The molecule has 0 aromatic carbocycles. The van der Waals surface area contributed by atoms with Gasteiger partial charge in [0.2, 0.25) is 0 Å². The maximum Gasteiger partial charge on any atom is 0.313 e. The maximum atomic E-state index is 11.6. The minimum absolute atomic E-state index is 0.0808. The summed E-state index contributed by atoms with van der Waals surface area (Å²) >= 11 is 1.08. The lowest BCUT2D eigenvalue weighted by atomic mass is 10.2. The lowest BCUT2D eigenvalue weighted by Crippen LogP contribution is -2.14. The summed E-state index contributed by atoms with van der Waals surface area (Å²) in [5, 5.41) is 17.0. The van der Waals surface area contributed by atoms with Crippen LogP contribution in [0.1, 0.15) is 0 Å². The van der Waals surface area contributed by atoms with Crippen LogP contribution >= 0.6 is 11.8 Å². The molecule has 2 aromatic heterocycles. The van der Waals surface area contributed by atoms with Gasteiger partial charge in [-0.25, -0.2) is 0 Å². The highest BCUT2D eigenvalue weighted by Gasteiger charge is 2.12. The summed E-state index contributed by atoms with van der Waals surface area (Å²) in [5.74, 6) is -0.462. The molecular formula is C11H12N4O3S. The molecule has 2 aromatic rings. The summed E-state index contributed by atoms with van der Waals surface area (Å²) in [7, 11) is 3.40. The second-order valence-electron chi connectivity index (χ2n) is 3.91. The van der Waals surface area contributed by atoms with Crippen LogP contribution in [0.2, 0.25) is 0 Å². The van der Waals surface area contributed by atoms with E-state index in [1.54, 1.807) is 30.9 Å². The highest BCUT2D eigenvalue weighted by molar-refractivity contribution is 7.99. The molecule has 0 fully saturated rings. The molecule has 0 unspecified atom stereocenters. The van der Waals surface area contributed by atoms with Crippen LogP contribution in [-0.2, 0) is 18.9 Å². The fourth-order valence-electron chi connectivity index (χ4n) is 1.51. The lowest BCUT2D eigenvalue weighted by molar-refractivity contribution is -0.133. The van der Waals surface area contributed by atoms with Crippen molar-refractivity contribution in [1.29, 1.82) is 0 Å². The fraction of sp³-hybridized carbons (Fsp3) is 0.273. The molecule has 2 heterocycles. The van der Waals surface area contributed by atoms with Gasteiger partial charge in [0.15, 0.2) is 11.0 Å². The summed E-state index contributed by atoms with van der Waals surface area (Å²) < 4.78 is 3.13. The molecule has 0 radical (unpaired) electrons. The first kappa shape index (κ1) is 13.3. The summed E-state index contributed by atoms with van der Waals surface area (Å²) in [4.78, 5) is 22.1. The van der Waals surface area contributed by atoms with Crippen molar-refractivity contribution in [3.8, 4) is 11.4 Å². The maximum absolute atomic E-state index is 11.6. The van der Waals surface area contributed by atoms with Crippen molar-refractivity contribution in [2.45, 2.75) is 5.16 Å². The number of pyridine rings is 1. The van der Waals surface area contributed by atoms with E-state index in [1.807, 2.05) is 0 Å². The van der Waals surface area contributed by atoms with Crippen LogP contribution in [0, 0.1) is 0 Å². The minimum Gasteiger partial charge on any atom is -0.481 e. The molecule has 0 spiro atoms. The number of carbonyl (C=O) groups is 1. The van der Waals surface area contributed by atoms with E-state index in [1.165, 1.54) is 10.6 Å². The van der Waals surface area contributed by atoms with Crippen molar-refractivity contribution >= 4 is 17.7 Å². The summed E-state index contributed by atoms with van der Waals surface area (Å²) in [6.45, 7) is 0. The van der Waals surface area contributed by atoms with Crippen LogP contribution in [0.3, 0.4) is 0 Å². The van der Waals surface area contributed by atoms with E-state index in [9.17, 15) is 9.59 Å². The Morgan fingerprint density at radius 1 is 1.42 bits per heavy atom. The smallest absolute Gasteiger partial charge is 0.313 e.